The van der Waals surface area contributed by atoms with Crippen molar-refractivity contribution in [1.29, 1.82) is 0 Å². The fourth-order valence-corrected chi connectivity index (χ4v) is 11.2. The van der Waals surface area contributed by atoms with E-state index in [2.05, 4.69) is 213 Å². The molecule has 8 aromatic rings. The van der Waals surface area contributed by atoms with Crippen LogP contribution >= 0.6 is 0 Å². The lowest BCUT2D eigenvalue weighted by atomic mass is 9.67. The predicted molar refractivity (Wildman–Crippen MR) is 247 cm³/mol. The Bertz CT molecular complexity index is 2780. The van der Waals surface area contributed by atoms with Crippen molar-refractivity contribution in [2.75, 3.05) is 4.90 Å². The number of fused-ring (bicyclic) bond motifs is 6. The molecule has 3 aliphatic rings. The molecule has 0 bridgehead atoms. The second-order valence-electron chi connectivity index (χ2n) is 17.5. The van der Waals surface area contributed by atoms with Crippen molar-refractivity contribution in [3.05, 3.63) is 233 Å². The van der Waals surface area contributed by atoms with Crippen LogP contribution in [0.3, 0.4) is 0 Å². The van der Waals surface area contributed by atoms with Gasteiger partial charge in [0.05, 0.1) is 5.41 Å². The van der Waals surface area contributed by atoms with E-state index in [0.717, 1.165) is 11.4 Å². The van der Waals surface area contributed by atoms with E-state index in [1.807, 2.05) is 0 Å². The second-order valence-corrected chi connectivity index (χ2v) is 17.5. The standard InChI is InChI=1S/C58H49N/c1-57(2)53-28-16-14-26-49(53)51-36-34-45(38-55(51)57)59(44-32-30-41(31-33-44)48-25-13-12-24-47(48)40-18-6-3-7-19-40)46-35-37-52-50-27-15-17-29-54(50)58(56(52)39-46,42-20-8-4-9-21-42)43-22-10-5-11-23-43/h4-5,8-17,20-40H,3,6-7,18-19H2,1-2H3. The first-order chi connectivity index (χ1) is 29.0. The van der Waals surface area contributed by atoms with Crippen LogP contribution in [-0.2, 0) is 10.8 Å². The largest absolute Gasteiger partial charge is 0.310 e. The van der Waals surface area contributed by atoms with Gasteiger partial charge in [-0.25, -0.2) is 0 Å². The van der Waals surface area contributed by atoms with Gasteiger partial charge in [0.15, 0.2) is 0 Å². The highest BCUT2D eigenvalue weighted by atomic mass is 15.1. The van der Waals surface area contributed by atoms with Crippen molar-refractivity contribution in [2.24, 2.45) is 0 Å². The third-order valence-corrected chi connectivity index (χ3v) is 14.0. The molecule has 0 heterocycles. The van der Waals surface area contributed by atoms with Crippen LogP contribution in [0.15, 0.2) is 194 Å². The molecule has 1 saturated carbocycles. The van der Waals surface area contributed by atoms with Crippen LogP contribution < -0.4 is 4.90 Å². The molecule has 0 amide bonds. The summed E-state index contributed by atoms with van der Waals surface area (Å²) in [5.41, 5.74) is 20.3. The summed E-state index contributed by atoms with van der Waals surface area (Å²) in [5, 5.41) is 0. The normalized spacial score (nSPS) is 15.8. The maximum atomic E-state index is 2.50. The SMILES string of the molecule is CC1(C)c2ccccc2-c2ccc(N(c3ccc(-c4ccccc4C4CCCCC4)cc3)c3ccc4c(c3)C(c3ccccc3)(c3ccccc3)c3ccccc3-4)cc21. The highest BCUT2D eigenvalue weighted by Gasteiger charge is 2.46. The van der Waals surface area contributed by atoms with E-state index in [1.165, 1.54) is 110 Å². The van der Waals surface area contributed by atoms with Crippen LogP contribution in [0.2, 0.25) is 0 Å². The Balaban J connectivity index is 1.11. The molecule has 0 aliphatic heterocycles. The molecule has 59 heavy (non-hydrogen) atoms. The van der Waals surface area contributed by atoms with Crippen LogP contribution in [0.25, 0.3) is 33.4 Å². The van der Waals surface area contributed by atoms with Gasteiger partial charge in [-0.2, -0.15) is 0 Å². The lowest BCUT2D eigenvalue weighted by Crippen LogP contribution is -2.28. The number of nitrogens with zero attached hydrogens (tertiary/aromatic N) is 1. The van der Waals surface area contributed by atoms with E-state index in [4.69, 9.17) is 0 Å². The summed E-state index contributed by atoms with van der Waals surface area (Å²) in [7, 11) is 0. The molecule has 0 N–H and O–H groups in total. The third-order valence-electron chi connectivity index (χ3n) is 14.0. The molecular weight excluding hydrogens is 711 g/mol. The van der Waals surface area contributed by atoms with Gasteiger partial charge in [0, 0.05) is 22.5 Å². The van der Waals surface area contributed by atoms with Gasteiger partial charge in [0.25, 0.3) is 0 Å². The summed E-state index contributed by atoms with van der Waals surface area (Å²) in [6, 6.07) is 73.2. The maximum absolute atomic E-state index is 2.50. The fraction of sp³-hybridized carbons (Fsp3) is 0.172. The van der Waals surface area contributed by atoms with E-state index in [0.29, 0.717) is 5.92 Å². The van der Waals surface area contributed by atoms with Gasteiger partial charge >= 0.3 is 0 Å². The molecule has 11 rings (SSSR count). The molecule has 0 atom stereocenters. The average Bonchev–Trinajstić information content (AvgIpc) is 3.73. The molecule has 0 radical (unpaired) electrons. The minimum Gasteiger partial charge on any atom is -0.310 e. The first-order valence-electron chi connectivity index (χ1n) is 21.6. The van der Waals surface area contributed by atoms with Crippen molar-refractivity contribution in [2.45, 2.75) is 62.7 Å². The van der Waals surface area contributed by atoms with Gasteiger partial charge in [-0.3, -0.25) is 0 Å². The highest BCUT2D eigenvalue weighted by molar-refractivity contribution is 5.91. The van der Waals surface area contributed by atoms with Crippen LogP contribution in [-0.4, -0.2) is 0 Å². The third kappa shape index (κ3) is 5.59. The predicted octanol–water partition coefficient (Wildman–Crippen LogP) is 15.5. The van der Waals surface area contributed by atoms with Gasteiger partial charge in [-0.15, -0.1) is 0 Å². The first-order valence-corrected chi connectivity index (χ1v) is 21.6. The van der Waals surface area contributed by atoms with Gasteiger partial charge in [-0.05, 0) is 127 Å². The van der Waals surface area contributed by atoms with Gasteiger partial charge in [-0.1, -0.05) is 191 Å². The maximum Gasteiger partial charge on any atom is 0.0714 e. The molecular formula is C58H49N. The zero-order valence-corrected chi connectivity index (χ0v) is 34.0. The van der Waals surface area contributed by atoms with Crippen LogP contribution in [0, 0.1) is 0 Å². The van der Waals surface area contributed by atoms with Crippen molar-refractivity contribution in [3.8, 4) is 33.4 Å². The zero-order valence-electron chi connectivity index (χ0n) is 34.0. The molecule has 1 fully saturated rings. The molecule has 0 aromatic heterocycles. The van der Waals surface area contributed by atoms with Gasteiger partial charge in [0.1, 0.15) is 0 Å². The smallest absolute Gasteiger partial charge is 0.0714 e. The Morgan fingerprint density at radius 1 is 0.390 bits per heavy atom. The Morgan fingerprint density at radius 3 is 1.51 bits per heavy atom. The van der Waals surface area contributed by atoms with Crippen molar-refractivity contribution >= 4 is 17.1 Å². The molecule has 0 saturated heterocycles. The Labute approximate surface area is 349 Å². The molecule has 0 spiro atoms. The summed E-state index contributed by atoms with van der Waals surface area (Å²) in [6.45, 7) is 4.76. The second kappa shape index (κ2) is 14.1. The minimum atomic E-state index is -0.482. The van der Waals surface area contributed by atoms with Crippen molar-refractivity contribution in [3.63, 3.8) is 0 Å². The fourth-order valence-electron chi connectivity index (χ4n) is 11.2. The summed E-state index contributed by atoms with van der Waals surface area (Å²) >= 11 is 0. The number of hydrogen-bond donors (Lipinski definition) is 0. The van der Waals surface area contributed by atoms with Crippen LogP contribution in [0.5, 0.6) is 0 Å². The van der Waals surface area contributed by atoms with Crippen molar-refractivity contribution < 1.29 is 0 Å². The molecule has 1 heteroatoms. The monoisotopic (exact) mass is 759 g/mol. The summed E-state index contributed by atoms with van der Waals surface area (Å²) < 4.78 is 0. The first kappa shape index (κ1) is 35.7. The highest BCUT2D eigenvalue weighted by Crippen LogP contribution is 2.58. The van der Waals surface area contributed by atoms with E-state index in [1.54, 1.807) is 0 Å². The number of anilines is 3. The topological polar surface area (TPSA) is 3.24 Å². The Kier molecular flexibility index (Phi) is 8.55. The summed E-state index contributed by atoms with van der Waals surface area (Å²) in [4.78, 5) is 2.50. The van der Waals surface area contributed by atoms with Gasteiger partial charge in [0.2, 0.25) is 0 Å². The molecule has 286 valence electrons. The average molecular weight is 760 g/mol. The molecule has 3 aliphatic carbocycles. The van der Waals surface area contributed by atoms with Gasteiger partial charge < -0.3 is 4.90 Å². The lowest BCUT2D eigenvalue weighted by molar-refractivity contribution is 0.444. The Morgan fingerprint density at radius 2 is 0.864 bits per heavy atom. The van der Waals surface area contributed by atoms with Crippen LogP contribution in [0.4, 0.5) is 17.1 Å². The molecule has 8 aromatic carbocycles. The summed E-state index contributed by atoms with van der Waals surface area (Å²) in [5.74, 6) is 0.639. The quantitative estimate of drug-likeness (QED) is 0.156. The van der Waals surface area contributed by atoms with E-state index < -0.39 is 5.41 Å². The van der Waals surface area contributed by atoms with E-state index >= 15 is 0 Å². The number of rotatable bonds is 7. The number of benzene rings is 8. The summed E-state index contributed by atoms with van der Waals surface area (Å²) in [6.07, 6.45) is 6.60. The van der Waals surface area contributed by atoms with E-state index in [9.17, 15) is 0 Å². The van der Waals surface area contributed by atoms with Crippen LogP contribution in [0.1, 0.15) is 90.8 Å². The molecule has 1 nitrogen and oxygen atoms in total. The molecule has 0 unspecified atom stereocenters. The number of hydrogen-bond acceptors (Lipinski definition) is 1. The van der Waals surface area contributed by atoms with Crippen molar-refractivity contribution in [1.82, 2.24) is 0 Å². The zero-order chi connectivity index (χ0) is 39.6. The van der Waals surface area contributed by atoms with E-state index in [-0.39, 0.29) is 5.41 Å². The minimum absolute atomic E-state index is 0.115. The lowest BCUT2D eigenvalue weighted by Gasteiger charge is -2.35. The Hall–Kier alpha value is -6.44.